The normalized spacial score (nSPS) is 14.7. The molecule has 1 aromatic carbocycles. The van der Waals surface area contributed by atoms with Crippen molar-refractivity contribution in [3.8, 4) is 5.88 Å². The first-order chi connectivity index (χ1) is 9.56. The van der Waals surface area contributed by atoms with Gasteiger partial charge in [-0.15, -0.1) is 0 Å². The first-order valence-corrected chi connectivity index (χ1v) is 6.42. The van der Waals surface area contributed by atoms with Gasteiger partial charge in [0.1, 0.15) is 0 Å². The maximum atomic E-state index is 11.1. The van der Waals surface area contributed by atoms with E-state index in [0.717, 1.165) is 11.3 Å². The highest BCUT2D eigenvalue weighted by atomic mass is 32.1. The van der Waals surface area contributed by atoms with E-state index in [1.807, 2.05) is 0 Å². The molecule has 0 saturated carbocycles. The van der Waals surface area contributed by atoms with Crippen LogP contribution in [0.1, 0.15) is 20.8 Å². The van der Waals surface area contributed by atoms with Gasteiger partial charge in [0.05, 0.1) is 16.1 Å². The van der Waals surface area contributed by atoms with E-state index in [0.29, 0.717) is 21.7 Å². The monoisotopic (exact) mass is 288 g/mol. The average molecular weight is 288 g/mol. The van der Waals surface area contributed by atoms with E-state index >= 15 is 0 Å². The van der Waals surface area contributed by atoms with E-state index in [1.54, 1.807) is 18.2 Å². The van der Waals surface area contributed by atoms with Crippen molar-refractivity contribution in [1.29, 1.82) is 0 Å². The number of carbonyl (C=O) groups is 1. The number of nitrogens with zero attached hydrogens (tertiary/aromatic N) is 1. The van der Waals surface area contributed by atoms with Crippen LogP contribution >= 0.6 is 11.3 Å². The minimum absolute atomic E-state index is 0.119. The third kappa shape index (κ3) is 1.94. The second-order valence-corrected chi connectivity index (χ2v) is 5.11. The number of allylic oxidation sites excluding steroid dienone is 1. The van der Waals surface area contributed by atoms with Crippen LogP contribution in [0.15, 0.2) is 28.0 Å². The van der Waals surface area contributed by atoms with Gasteiger partial charge in [0.25, 0.3) is 0 Å². The van der Waals surface area contributed by atoms with Crippen LogP contribution in [0.2, 0.25) is 0 Å². The fourth-order valence-electron chi connectivity index (χ4n) is 1.98. The zero-order valence-corrected chi connectivity index (χ0v) is 10.8. The molecule has 0 aliphatic carbocycles. The van der Waals surface area contributed by atoms with Crippen molar-refractivity contribution in [2.24, 2.45) is 4.99 Å². The number of aromatic amines is 1. The maximum Gasteiger partial charge on any atom is 0.337 e. The molecule has 2 aromatic rings. The molecule has 1 aliphatic rings. The number of carboxylic acids is 1. The molecular formula is C13H8N2O4S. The summed E-state index contributed by atoms with van der Waals surface area (Å²) in [7, 11) is 0. The molecule has 3 N–H and O–H groups in total. The summed E-state index contributed by atoms with van der Waals surface area (Å²) in [5.41, 5.74) is 1.81. The summed E-state index contributed by atoms with van der Waals surface area (Å²) in [6, 6.07) is 4.85. The molecule has 1 aromatic heterocycles. The average Bonchev–Trinajstić information content (AvgIpc) is 2.94. The van der Waals surface area contributed by atoms with Crippen LogP contribution in [0.4, 0.5) is 5.69 Å². The van der Waals surface area contributed by atoms with Gasteiger partial charge in [-0.05, 0) is 12.1 Å². The molecule has 0 fully saturated rings. The van der Waals surface area contributed by atoms with Gasteiger partial charge < -0.3 is 10.2 Å². The molecule has 100 valence electrons. The van der Waals surface area contributed by atoms with E-state index < -0.39 is 5.97 Å². The summed E-state index contributed by atoms with van der Waals surface area (Å²) in [6.07, 6.45) is 3.11. The number of carboxylic acid groups (broad SMARTS) is 1. The highest BCUT2D eigenvalue weighted by Crippen LogP contribution is 2.36. The number of hydrogen-bond donors (Lipinski definition) is 3. The minimum atomic E-state index is -1.05. The predicted molar refractivity (Wildman–Crippen MR) is 76.0 cm³/mol. The van der Waals surface area contributed by atoms with Gasteiger partial charge in [-0.25, -0.2) is 4.79 Å². The smallest absolute Gasteiger partial charge is 0.337 e. The van der Waals surface area contributed by atoms with E-state index in [4.69, 9.17) is 5.11 Å². The van der Waals surface area contributed by atoms with Crippen molar-refractivity contribution >= 4 is 40.9 Å². The van der Waals surface area contributed by atoms with Crippen LogP contribution in [0.5, 0.6) is 5.88 Å². The first kappa shape index (κ1) is 12.4. The molecule has 3 rings (SSSR count). The number of aromatic nitrogens is 1. The van der Waals surface area contributed by atoms with Gasteiger partial charge in [-0.1, -0.05) is 23.5 Å². The van der Waals surface area contributed by atoms with E-state index in [9.17, 15) is 14.7 Å². The Kier molecular flexibility index (Phi) is 2.76. The highest BCUT2D eigenvalue weighted by Gasteiger charge is 2.19. The Hall–Kier alpha value is -2.67. The van der Waals surface area contributed by atoms with Crippen LogP contribution in [-0.2, 0) is 0 Å². The molecule has 0 atom stereocenters. The standard InChI is InChI=1S/C13H8N2O4S/c16-11-9(20-13(19)15-11)4-6-5-14-10-7(6)2-1-3-8(10)12(17)18/h1-5,16H,(H,15,19)(H,17,18)/b6-4+. The SMILES string of the molecule is O=C(O)c1cccc2c1N=C/C2=C\c1sc(=O)[nH]c1O. The number of nitrogens with one attached hydrogen (secondary N) is 1. The predicted octanol–water partition coefficient (Wildman–Crippen LogP) is 2.10. The van der Waals surface area contributed by atoms with Crippen LogP contribution in [0.25, 0.3) is 11.6 Å². The number of fused-ring (bicyclic) bond motifs is 1. The molecule has 2 heterocycles. The van der Waals surface area contributed by atoms with Crippen molar-refractivity contribution in [2.75, 3.05) is 0 Å². The van der Waals surface area contributed by atoms with Gasteiger partial charge >= 0.3 is 10.8 Å². The Morgan fingerprint density at radius 2 is 2.20 bits per heavy atom. The largest absolute Gasteiger partial charge is 0.493 e. The number of aromatic hydroxyl groups is 1. The fourth-order valence-corrected chi connectivity index (χ4v) is 2.66. The lowest BCUT2D eigenvalue weighted by Crippen LogP contribution is -1.96. The fraction of sp³-hybridized carbons (Fsp3) is 0. The summed E-state index contributed by atoms with van der Waals surface area (Å²) >= 11 is 0.871. The molecule has 0 amide bonds. The number of thiazole rings is 1. The number of H-pyrrole nitrogens is 1. The summed E-state index contributed by atoms with van der Waals surface area (Å²) in [4.78, 5) is 28.6. The highest BCUT2D eigenvalue weighted by molar-refractivity contribution is 7.10. The summed E-state index contributed by atoms with van der Waals surface area (Å²) in [5, 5.41) is 18.6. The molecule has 0 saturated heterocycles. The van der Waals surface area contributed by atoms with Crippen LogP contribution in [0, 0.1) is 0 Å². The molecule has 20 heavy (non-hydrogen) atoms. The Bertz CT molecular complexity index is 829. The molecule has 7 heteroatoms. The number of aliphatic imine (C=N–C) groups is 1. The topological polar surface area (TPSA) is 103 Å². The molecule has 0 bridgehead atoms. The Morgan fingerprint density at radius 3 is 2.85 bits per heavy atom. The lowest BCUT2D eigenvalue weighted by Gasteiger charge is -2.02. The lowest BCUT2D eigenvalue weighted by atomic mass is 10.0. The van der Waals surface area contributed by atoms with Crippen molar-refractivity contribution in [3.05, 3.63) is 43.9 Å². The zero-order chi connectivity index (χ0) is 14.3. The quantitative estimate of drug-likeness (QED) is 0.787. The second-order valence-electron chi connectivity index (χ2n) is 4.09. The molecule has 1 aliphatic heterocycles. The van der Waals surface area contributed by atoms with Crippen LogP contribution < -0.4 is 4.87 Å². The van der Waals surface area contributed by atoms with Crippen LogP contribution in [-0.4, -0.2) is 27.4 Å². The number of benzene rings is 1. The van der Waals surface area contributed by atoms with Crippen molar-refractivity contribution in [3.63, 3.8) is 0 Å². The third-order valence-corrected chi connectivity index (χ3v) is 3.67. The Morgan fingerprint density at radius 1 is 1.40 bits per heavy atom. The van der Waals surface area contributed by atoms with Crippen molar-refractivity contribution < 1.29 is 15.0 Å². The lowest BCUT2D eigenvalue weighted by molar-refractivity contribution is 0.0698. The Balaban J connectivity index is 2.13. The van der Waals surface area contributed by atoms with Gasteiger partial charge in [0.15, 0.2) is 0 Å². The Labute approximate surface area is 116 Å². The molecule has 0 radical (unpaired) electrons. The van der Waals surface area contributed by atoms with Gasteiger partial charge in [-0.2, -0.15) is 0 Å². The summed E-state index contributed by atoms with van der Waals surface area (Å²) < 4.78 is 0. The molecular weight excluding hydrogens is 280 g/mol. The number of aromatic carboxylic acids is 1. The summed E-state index contributed by atoms with van der Waals surface area (Å²) in [5.74, 6) is -1.25. The van der Waals surface area contributed by atoms with Gasteiger partial charge in [0.2, 0.25) is 5.88 Å². The molecule has 6 nitrogen and oxygen atoms in total. The van der Waals surface area contributed by atoms with Crippen LogP contribution in [0.3, 0.4) is 0 Å². The summed E-state index contributed by atoms with van der Waals surface area (Å²) in [6.45, 7) is 0. The van der Waals surface area contributed by atoms with Crippen molar-refractivity contribution in [1.82, 2.24) is 4.98 Å². The zero-order valence-electron chi connectivity index (χ0n) is 9.95. The number of hydrogen-bond acceptors (Lipinski definition) is 5. The molecule has 0 spiro atoms. The molecule has 0 unspecified atom stereocenters. The van der Waals surface area contributed by atoms with Gasteiger partial charge in [-0.3, -0.25) is 14.8 Å². The van der Waals surface area contributed by atoms with Crippen molar-refractivity contribution in [2.45, 2.75) is 0 Å². The second kappa shape index (κ2) is 4.46. The minimum Gasteiger partial charge on any atom is -0.493 e. The van der Waals surface area contributed by atoms with E-state index in [2.05, 4.69) is 9.98 Å². The maximum absolute atomic E-state index is 11.1. The first-order valence-electron chi connectivity index (χ1n) is 5.61. The van der Waals surface area contributed by atoms with Gasteiger partial charge in [0, 0.05) is 17.4 Å². The number of para-hydroxylation sites is 1. The van der Waals surface area contributed by atoms with E-state index in [-0.39, 0.29) is 16.3 Å². The number of rotatable bonds is 2. The van der Waals surface area contributed by atoms with E-state index in [1.165, 1.54) is 12.3 Å². The third-order valence-electron chi connectivity index (χ3n) is 2.85.